The summed E-state index contributed by atoms with van der Waals surface area (Å²) in [4.78, 5) is 53.0. The van der Waals surface area contributed by atoms with Crippen molar-refractivity contribution in [3.05, 3.63) is 32.8 Å². The zero-order valence-corrected chi connectivity index (χ0v) is 29.5. The van der Waals surface area contributed by atoms with Gasteiger partial charge in [0.1, 0.15) is 24.9 Å². The molecule has 0 aliphatic carbocycles. The highest BCUT2D eigenvalue weighted by Crippen LogP contribution is 2.30. The maximum Gasteiger partial charge on any atom is 0.311 e. The van der Waals surface area contributed by atoms with Crippen LogP contribution in [0, 0.1) is 23.7 Å². The van der Waals surface area contributed by atoms with E-state index in [4.69, 9.17) is 36.4 Å². The summed E-state index contributed by atoms with van der Waals surface area (Å²) in [7, 11) is 4.46. The van der Waals surface area contributed by atoms with Crippen molar-refractivity contribution in [2.75, 3.05) is 67.3 Å². The average Bonchev–Trinajstić information content (AvgIpc) is 3.56. The van der Waals surface area contributed by atoms with Crippen molar-refractivity contribution in [1.82, 2.24) is 30.9 Å². The predicted octanol–water partition coefficient (Wildman–Crippen LogP) is 1.81. The molecule has 1 aromatic heterocycles. The van der Waals surface area contributed by atoms with Crippen LogP contribution in [-0.4, -0.2) is 112 Å². The van der Waals surface area contributed by atoms with Crippen LogP contribution in [0.2, 0.25) is 0 Å². The van der Waals surface area contributed by atoms with Gasteiger partial charge in [-0.2, -0.15) is 0 Å². The van der Waals surface area contributed by atoms with Crippen LogP contribution in [0.5, 0.6) is 0 Å². The molecule has 3 N–H and O–H groups in total. The Morgan fingerprint density at radius 1 is 0.980 bits per heavy atom. The van der Waals surface area contributed by atoms with E-state index in [1.54, 1.807) is 31.8 Å². The second kappa shape index (κ2) is 28.0. The summed E-state index contributed by atoms with van der Waals surface area (Å²) in [6.07, 6.45) is 8.97. The number of carbonyl (C=O) groups is 4. The molecule has 3 amide bonds. The first-order valence-corrected chi connectivity index (χ1v) is 15.9. The zero-order valence-electron chi connectivity index (χ0n) is 29.5. The van der Waals surface area contributed by atoms with Crippen molar-refractivity contribution >= 4 is 23.7 Å². The van der Waals surface area contributed by atoms with E-state index in [-0.39, 0.29) is 44.5 Å². The molecule has 1 rings (SSSR count). The van der Waals surface area contributed by atoms with Crippen LogP contribution in [0.3, 0.4) is 0 Å². The van der Waals surface area contributed by atoms with Gasteiger partial charge in [0.2, 0.25) is 17.7 Å². The Morgan fingerprint density at radius 2 is 1.66 bits per heavy atom. The minimum absolute atomic E-state index is 0.0238. The highest BCUT2D eigenvalue weighted by molar-refractivity contribution is 5.84. The number of unbranched alkanes of at least 4 members (excludes halogenated alkanes) is 1. The van der Waals surface area contributed by atoms with E-state index in [1.165, 1.54) is 14.1 Å². The lowest BCUT2D eigenvalue weighted by Crippen LogP contribution is -2.40. The first kappa shape index (κ1) is 45.1. The molecule has 0 aliphatic heterocycles. The molecule has 278 valence electrons. The Labute approximate surface area is 291 Å². The van der Waals surface area contributed by atoms with Gasteiger partial charge in [0.15, 0.2) is 0 Å². The highest BCUT2D eigenvalue weighted by Gasteiger charge is 2.36. The quantitative estimate of drug-likeness (QED) is 0.0331. The average molecular weight is 707 g/mol. The van der Waals surface area contributed by atoms with E-state index in [1.807, 2.05) is 0 Å². The lowest BCUT2D eigenvalue weighted by molar-refractivity contribution is -0.157. The van der Waals surface area contributed by atoms with E-state index in [9.17, 15) is 19.2 Å². The van der Waals surface area contributed by atoms with Gasteiger partial charge in [-0.05, 0) is 50.6 Å². The molecule has 2 atom stereocenters. The summed E-state index contributed by atoms with van der Waals surface area (Å²) in [6, 6.07) is -1.09. The van der Waals surface area contributed by atoms with Crippen molar-refractivity contribution in [2.24, 2.45) is 21.6 Å². The number of nitrogens with zero attached hydrogens (tertiary/aromatic N) is 9. The van der Waals surface area contributed by atoms with Gasteiger partial charge in [-0.3, -0.25) is 19.2 Å². The number of terminal acetylenes is 1. The summed E-state index contributed by atoms with van der Waals surface area (Å²) in [5.41, 5.74) is 16.3. The van der Waals surface area contributed by atoms with Crippen molar-refractivity contribution in [3.63, 3.8) is 0 Å². The second-order valence-electron chi connectivity index (χ2n) is 11.1. The summed E-state index contributed by atoms with van der Waals surface area (Å²) >= 11 is 0. The molecule has 1 heterocycles. The molecular formula is C30H50N12O8. The summed E-state index contributed by atoms with van der Waals surface area (Å²) in [6.45, 7) is 6.05. The Bertz CT molecular complexity index is 1300. The molecule has 50 heavy (non-hydrogen) atoms. The maximum absolute atomic E-state index is 12.7. The van der Waals surface area contributed by atoms with Crippen LogP contribution in [0.15, 0.2) is 16.4 Å². The van der Waals surface area contributed by atoms with E-state index in [0.29, 0.717) is 51.6 Å². The summed E-state index contributed by atoms with van der Waals surface area (Å²) in [5, 5.41) is 22.2. The number of aromatic nitrogens is 3. The molecule has 0 aromatic carbocycles. The topological polar surface area (TPSA) is 270 Å². The third kappa shape index (κ3) is 21.1. The van der Waals surface area contributed by atoms with Crippen LogP contribution >= 0.6 is 0 Å². The van der Waals surface area contributed by atoms with Crippen LogP contribution in [0.1, 0.15) is 51.6 Å². The molecule has 0 fully saturated rings. The smallest absolute Gasteiger partial charge is 0.311 e. The minimum atomic E-state index is -1.09. The number of ether oxygens (including phenoxy) is 4. The Balaban J connectivity index is 0.00000186. The first-order valence-electron chi connectivity index (χ1n) is 15.9. The predicted molar refractivity (Wildman–Crippen MR) is 181 cm³/mol. The first-order chi connectivity index (χ1) is 24.0. The van der Waals surface area contributed by atoms with E-state index in [2.05, 4.69) is 52.2 Å². The van der Waals surface area contributed by atoms with Gasteiger partial charge in [0.05, 0.1) is 51.2 Å². The number of hydrogen-bond donors (Lipinski definition) is 3. The number of carbonyl (C=O) groups excluding carboxylic acids is 4. The molecular weight excluding hydrogens is 656 g/mol. The minimum Gasteiger partial charge on any atom is -0.463 e. The van der Waals surface area contributed by atoms with Crippen molar-refractivity contribution < 1.29 is 38.1 Å². The number of rotatable bonds is 25. The number of esters is 1. The largest absolute Gasteiger partial charge is 0.463 e. The molecule has 1 aromatic rings. The fourth-order valence-corrected chi connectivity index (χ4v) is 4.13. The third-order valence-corrected chi connectivity index (χ3v) is 6.75. The molecule has 2 unspecified atom stereocenters. The number of amides is 3. The number of hydrogen-bond acceptors (Lipinski definition) is 12. The van der Waals surface area contributed by atoms with Crippen LogP contribution in [-0.2, 0) is 51.3 Å². The number of azide groups is 2. The second-order valence-corrected chi connectivity index (χ2v) is 11.1. The van der Waals surface area contributed by atoms with Crippen LogP contribution < -0.4 is 16.0 Å². The summed E-state index contributed by atoms with van der Waals surface area (Å²) < 4.78 is 23.1. The fraction of sp³-hybridized carbons (Fsp3) is 0.733. The highest BCUT2D eigenvalue weighted by atomic mass is 16.6. The third-order valence-electron chi connectivity index (χ3n) is 6.75. The molecule has 0 bridgehead atoms. The zero-order chi connectivity index (χ0) is 37.6. The molecule has 0 aliphatic rings. The lowest BCUT2D eigenvalue weighted by atomic mass is 9.80. The van der Waals surface area contributed by atoms with Gasteiger partial charge in [0, 0.05) is 49.8 Å². The van der Waals surface area contributed by atoms with Crippen molar-refractivity contribution in [1.29, 1.82) is 0 Å². The van der Waals surface area contributed by atoms with Gasteiger partial charge in [-0.1, -0.05) is 21.4 Å². The van der Waals surface area contributed by atoms with Crippen LogP contribution in [0.25, 0.3) is 20.9 Å². The molecule has 0 spiro atoms. The standard InChI is InChI=1S/C24H38N8O7.C6H12N4O/c1-6-8-38-17-19-16-32(31-28-19)7-9-36-10-11-37-12-13-39-23(35)24(2,3)15-18(21(33)26-4)14-20(29-30-25)22(34)27-5;1-8-6(11)4-2-3-5-9-10-7/h1,16,18,20H,7-15,17H2,2-5H3,(H,26,33)(H,27,34);2-5H2,1H3,(H,8,11). The van der Waals surface area contributed by atoms with E-state index < -0.39 is 29.3 Å². The van der Waals surface area contributed by atoms with Gasteiger partial charge >= 0.3 is 5.97 Å². The normalized spacial score (nSPS) is 11.6. The monoisotopic (exact) mass is 706 g/mol. The van der Waals surface area contributed by atoms with Gasteiger partial charge in [0.25, 0.3) is 0 Å². The molecule has 20 nitrogen and oxygen atoms in total. The number of likely N-dealkylation sites (N-methyl/N-ethyl adjacent to an activating group) is 1. The van der Waals surface area contributed by atoms with Crippen molar-refractivity contribution in [2.45, 2.75) is 65.1 Å². The molecule has 20 heteroatoms. The van der Waals surface area contributed by atoms with Crippen molar-refractivity contribution in [3.8, 4) is 12.3 Å². The Kier molecular flexibility index (Phi) is 25.2. The molecule has 0 saturated carbocycles. The van der Waals surface area contributed by atoms with Gasteiger partial charge in [-0.15, -0.1) is 11.5 Å². The van der Waals surface area contributed by atoms with E-state index in [0.717, 1.165) is 12.8 Å². The molecule has 0 radical (unpaired) electrons. The maximum atomic E-state index is 12.7. The van der Waals surface area contributed by atoms with Gasteiger partial charge in [-0.25, -0.2) is 4.68 Å². The van der Waals surface area contributed by atoms with Crippen LogP contribution in [0.4, 0.5) is 0 Å². The van der Waals surface area contributed by atoms with E-state index >= 15 is 0 Å². The fourth-order valence-electron chi connectivity index (χ4n) is 4.13. The van der Waals surface area contributed by atoms with Gasteiger partial charge < -0.3 is 34.9 Å². The lowest BCUT2D eigenvalue weighted by Gasteiger charge is -2.28. The molecule has 0 saturated heterocycles. The SMILES string of the molecule is C#CCOCc1cn(CCOCCOCCOC(=O)C(C)(C)CC(CC(N=[N+]=[N-])C(=O)NC)C(=O)NC)nn1.CNC(=O)CCCCN=[N+]=[N-]. The Hall–Kier alpha value is -4.92. The Morgan fingerprint density at radius 3 is 2.28 bits per heavy atom. The summed E-state index contributed by atoms with van der Waals surface area (Å²) in [5.74, 6) is 0.242. The number of nitrogens with one attached hydrogen (secondary N) is 3.